The lowest BCUT2D eigenvalue weighted by molar-refractivity contribution is -0.111. The minimum atomic E-state index is -0.218. The summed E-state index contributed by atoms with van der Waals surface area (Å²) in [5.41, 5.74) is 4.34. The Morgan fingerprint density at radius 3 is 2.84 bits per heavy atom. The van der Waals surface area contributed by atoms with Crippen LogP contribution in [-0.2, 0) is 4.79 Å². The number of benzene rings is 2. The third kappa shape index (κ3) is 4.31. The zero-order valence-electron chi connectivity index (χ0n) is 16.3. The number of aromatic nitrogens is 2. The smallest absolute Gasteiger partial charge is 0.248 e. The van der Waals surface area contributed by atoms with Crippen molar-refractivity contribution in [2.45, 2.75) is 0 Å². The molecule has 0 aliphatic carbocycles. The molecule has 0 bridgehead atoms. The van der Waals surface area contributed by atoms with Crippen LogP contribution in [0.4, 0.5) is 5.69 Å². The molecule has 1 aliphatic rings. The van der Waals surface area contributed by atoms with Gasteiger partial charge in [-0.15, -0.1) is 11.3 Å². The zero-order chi connectivity index (χ0) is 21.0. The molecule has 0 radical (unpaired) electrons. The normalized spacial score (nSPS) is 12.3. The number of hydrogen-bond acceptors (Lipinski definition) is 6. The Kier molecular flexibility index (Phi) is 5.16. The van der Waals surface area contributed by atoms with Gasteiger partial charge in [-0.1, -0.05) is 18.2 Å². The summed E-state index contributed by atoms with van der Waals surface area (Å²) in [6.07, 6.45) is 6.77. The van der Waals surface area contributed by atoms with Gasteiger partial charge in [0.1, 0.15) is 5.01 Å². The number of hydrogen-bond donors (Lipinski definition) is 1. The van der Waals surface area contributed by atoms with Gasteiger partial charge in [0.2, 0.25) is 12.7 Å². The Balaban J connectivity index is 1.28. The monoisotopic (exact) mass is 427 g/mol. The number of carbonyl (C=O) groups excluding carboxylic acids is 1. The molecule has 31 heavy (non-hydrogen) atoms. The maximum Gasteiger partial charge on any atom is 0.248 e. The van der Waals surface area contributed by atoms with Gasteiger partial charge in [0.05, 0.1) is 5.69 Å². The number of carbonyl (C=O) groups is 1. The summed E-state index contributed by atoms with van der Waals surface area (Å²) >= 11 is 1.56. The molecule has 0 saturated heterocycles. The highest BCUT2D eigenvalue weighted by Crippen LogP contribution is 2.33. The topological polar surface area (TPSA) is 73.3 Å². The number of fused-ring (bicyclic) bond motifs is 1. The predicted octanol–water partition coefficient (Wildman–Crippen LogP) is 5.25. The summed E-state index contributed by atoms with van der Waals surface area (Å²) in [7, 11) is 0. The zero-order valence-corrected chi connectivity index (χ0v) is 17.1. The van der Waals surface area contributed by atoms with E-state index in [1.807, 2.05) is 60.0 Å². The van der Waals surface area contributed by atoms with Crippen molar-refractivity contribution in [2.75, 3.05) is 12.1 Å². The molecule has 1 amide bonds. The molecule has 152 valence electrons. The van der Waals surface area contributed by atoms with Crippen molar-refractivity contribution in [1.29, 1.82) is 0 Å². The summed E-state index contributed by atoms with van der Waals surface area (Å²) in [5.74, 6) is 1.18. The molecule has 2 aromatic heterocycles. The molecule has 7 heteroatoms. The van der Waals surface area contributed by atoms with Crippen LogP contribution in [-0.4, -0.2) is 22.7 Å². The summed E-state index contributed by atoms with van der Waals surface area (Å²) in [6, 6.07) is 17.1. The van der Waals surface area contributed by atoms with Crippen LogP contribution in [0.25, 0.3) is 27.9 Å². The van der Waals surface area contributed by atoms with Crippen molar-refractivity contribution in [3.05, 3.63) is 84.0 Å². The van der Waals surface area contributed by atoms with Crippen LogP contribution in [0, 0.1) is 0 Å². The van der Waals surface area contributed by atoms with Crippen molar-refractivity contribution < 1.29 is 14.3 Å². The van der Waals surface area contributed by atoms with Crippen LogP contribution in [0.1, 0.15) is 5.56 Å². The van der Waals surface area contributed by atoms with Gasteiger partial charge in [-0.25, -0.2) is 4.98 Å². The Labute approximate surface area is 182 Å². The number of rotatable bonds is 5. The Hall–Kier alpha value is -3.97. The second-order valence-electron chi connectivity index (χ2n) is 6.80. The molecule has 0 fully saturated rings. The van der Waals surface area contributed by atoms with E-state index >= 15 is 0 Å². The van der Waals surface area contributed by atoms with E-state index in [1.54, 1.807) is 29.8 Å². The molecule has 5 rings (SSSR count). The maximum atomic E-state index is 12.4. The van der Waals surface area contributed by atoms with Crippen LogP contribution in [0.15, 0.2) is 78.4 Å². The number of nitrogens with zero attached hydrogens (tertiary/aromatic N) is 2. The standard InChI is InChI=1S/C24H17N3O3S/c28-23(9-7-16-6-8-21-22(11-16)30-15-29-21)26-19-5-1-3-17(12-19)20-14-31-24(27-20)18-4-2-10-25-13-18/h1-14H,15H2,(H,26,28)/b9-7+. The Morgan fingerprint density at radius 1 is 1.03 bits per heavy atom. The first kappa shape index (κ1) is 19.0. The third-order valence-corrected chi connectivity index (χ3v) is 5.55. The molecule has 0 unspecified atom stereocenters. The highest BCUT2D eigenvalue weighted by Gasteiger charge is 2.12. The fraction of sp³-hybridized carbons (Fsp3) is 0.0417. The summed E-state index contributed by atoms with van der Waals surface area (Å²) in [5, 5.41) is 5.81. The quantitative estimate of drug-likeness (QED) is 0.440. The van der Waals surface area contributed by atoms with Crippen molar-refractivity contribution in [2.24, 2.45) is 0 Å². The van der Waals surface area contributed by atoms with Crippen LogP contribution in [0.2, 0.25) is 0 Å². The molecule has 0 spiro atoms. The highest BCUT2D eigenvalue weighted by molar-refractivity contribution is 7.13. The molecule has 1 aliphatic heterocycles. The average Bonchev–Trinajstić information content (AvgIpc) is 3.48. The fourth-order valence-electron chi connectivity index (χ4n) is 3.16. The first-order chi connectivity index (χ1) is 15.2. The molecule has 0 saturated carbocycles. The molecule has 3 heterocycles. The number of nitrogens with one attached hydrogen (secondary N) is 1. The van der Waals surface area contributed by atoms with Crippen molar-refractivity contribution in [3.8, 4) is 33.3 Å². The summed E-state index contributed by atoms with van der Waals surface area (Å²) in [4.78, 5) is 21.2. The number of anilines is 1. The van der Waals surface area contributed by atoms with E-state index in [2.05, 4.69) is 10.3 Å². The van der Waals surface area contributed by atoms with Gasteiger partial charge in [0.25, 0.3) is 0 Å². The molecule has 1 N–H and O–H groups in total. The van der Waals surface area contributed by atoms with E-state index < -0.39 is 0 Å². The number of thiazole rings is 1. The van der Waals surface area contributed by atoms with E-state index in [-0.39, 0.29) is 12.7 Å². The van der Waals surface area contributed by atoms with Gasteiger partial charge in [0.15, 0.2) is 11.5 Å². The third-order valence-electron chi connectivity index (χ3n) is 4.66. The van der Waals surface area contributed by atoms with Crippen LogP contribution in [0.5, 0.6) is 11.5 Å². The van der Waals surface area contributed by atoms with Crippen molar-refractivity contribution >= 4 is 29.0 Å². The predicted molar refractivity (Wildman–Crippen MR) is 121 cm³/mol. The Morgan fingerprint density at radius 2 is 1.94 bits per heavy atom. The first-order valence-corrected chi connectivity index (χ1v) is 10.5. The molecule has 2 aromatic carbocycles. The maximum absolute atomic E-state index is 12.4. The molecule has 4 aromatic rings. The van der Waals surface area contributed by atoms with Crippen LogP contribution >= 0.6 is 11.3 Å². The number of ether oxygens (including phenoxy) is 2. The van der Waals surface area contributed by atoms with Gasteiger partial charge in [-0.3, -0.25) is 9.78 Å². The molecule has 0 atom stereocenters. The largest absolute Gasteiger partial charge is 0.454 e. The van der Waals surface area contributed by atoms with Gasteiger partial charge in [-0.2, -0.15) is 0 Å². The minimum absolute atomic E-state index is 0.218. The molecular weight excluding hydrogens is 410 g/mol. The number of pyridine rings is 1. The minimum Gasteiger partial charge on any atom is -0.454 e. The van der Waals surface area contributed by atoms with E-state index in [1.165, 1.54) is 6.08 Å². The molecule has 6 nitrogen and oxygen atoms in total. The second-order valence-corrected chi connectivity index (χ2v) is 7.65. The van der Waals surface area contributed by atoms with Gasteiger partial charge >= 0.3 is 0 Å². The lowest BCUT2D eigenvalue weighted by Crippen LogP contribution is -2.07. The number of amides is 1. The van der Waals surface area contributed by atoms with E-state index in [0.717, 1.165) is 27.4 Å². The van der Waals surface area contributed by atoms with Crippen LogP contribution in [0.3, 0.4) is 0 Å². The summed E-state index contributed by atoms with van der Waals surface area (Å²) < 4.78 is 10.7. The Bertz CT molecular complexity index is 1270. The lowest BCUT2D eigenvalue weighted by atomic mass is 10.1. The van der Waals surface area contributed by atoms with E-state index in [0.29, 0.717) is 17.2 Å². The van der Waals surface area contributed by atoms with E-state index in [4.69, 9.17) is 14.5 Å². The van der Waals surface area contributed by atoms with E-state index in [9.17, 15) is 4.79 Å². The first-order valence-electron chi connectivity index (χ1n) is 9.60. The SMILES string of the molecule is O=C(/C=C/c1ccc2c(c1)OCO2)Nc1cccc(-c2csc(-c3cccnc3)n2)c1. The second kappa shape index (κ2) is 8.41. The van der Waals surface area contributed by atoms with Gasteiger partial charge < -0.3 is 14.8 Å². The highest BCUT2D eigenvalue weighted by atomic mass is 32.1. The summed E-state index contributed by atoms with van der Waals surface area (Å²) in [6.45, 7) is 0.224. The fourth-order valence-corrected chi connectivity index (χ4v) is 3.98. The average molecular weight is 427 g/mol. The lowest BCUT2D eigenvalue weighted by Gasteiger charge is -2.04. The van der Waals surface area contributed by atoms with Crippen LogP contribution < -0.4 is 14.8 Å². The van der Waals surface area contributed by atoms with Gasteiger partial charge in [0, 0.05) is 40.7 Å². The van der Waals surface area contributed by atoms with Gasteiger partial charge in [-0.05, 0) is 48.0 Å². The molecular formula is C24H17N3O3S. The van der Waals surface area contributed by atoms with Crippen molar-refractivity contribution in [1.82, 2.24) is 9.97 Å². The van der Waals surface area contributed by atoms with Crippen molar-refractivity contribution in [3.63, 3.8) is 0 Å².